The van der Waals surface area contributed by atoms with Gasteiger partial charge in [0, 0.05) is 10.9 Å². The molecule has 0 fully saturated rings. The van der Waals surface area contributed by atoms with Crippen molar-refractivity contribution in [1.29, 1.82) is 0 Å². The maximum atomic E-state index is 13.5. The van der Waals surface area contributed by atoms with Crippen molar-refractivity contribution < 1.29 is 26.8 Å². The van der Waals surface area contributed by atoms with E-state index >= 15 is 0 Å². The molecule has 1 aliphatic heterocycles. The number of aromatic nitrogens is 2. The van der Waals surface area contributed by atoms with Crippen LogP contribution in [0.3, 0.4) is 0 Å². The van der Waals surface area contributed by atoms with Crippen molar-refractivity contribution in [2.45, 2.75) is 18.2 Å². The molecule has 2 atom stereocenters. The van der Waals surface area contributed by atoms with Crippen LogP contribution < -0.4 is 0 Å². The molecular weight excluding hydrogens is 385 g/mol. The summed E-state index contributed by atoms with van der Waals surface area (Å²) in [5.74, 6) is -0.924. The Labute approximate surface area is 162 Å². The molecule has 0 amide bonds. The molecule has 1 aliphatic rings. The molecule has 2 aromatic carbocycles. The van der Waals surface area contributed by atoms with E-state index in [0.717, 1.165) is 5.39 Å². The lowest BCUT2D eigenvalue weighted by molar-refractivity contribution is -0.201. The van der Waals surface area contributed by atoms with E-state index < -0.39 is 18.2 Å². The minimum absolute atomic E-state index is 0.0793. The number of alkyl halides is 3. The summed E-state index contributed by atoms with van der Waals surface area (Å²) >= 11 is 0. The van der Waals surface area contributed by atoms with E-state index in [1.165, 1.54) is 6.08 Å². The summed E-state index contributed by atoms with van der Waals surface area (Å²) in [6.07, 6.45) is -3.62. The quantitative estimate of drug-likeness (QED) is 0.452. The lowest BCUT2D eigenvalue weighted by Gasteiger charge is -2.21. The predicted molar refractivity (Wildman–Crippen MR) is 97.6 cm³/mol. The van der Waals surface area contributed by atoms with Crippen molar-refractivity contribution >= 4 is 16.7 Å². The second kappa shape index (κ2) is 6.51. The normalized spacial score (nSPS) is 19.3. The Bertz CT molecular complexity index is 1190. The second-order valence-corrected chi connectivity index (χ2v) is 6.64. The van der Waals surface area contributed by atoms with Gasteiger partial charge in [-0.1, -0.05) is 35.5 Å². The number of furan rings is 1. The Kier molecular flexibility index (Phi) is 3.94. The standard InChI is InChI=1S/C21H13F3N2O3/c22-21(23,24)18-15(12-4-2-1-3-5-12)11-17(28-18)20-25-19(26-29-20)14-6-7-16-13(10-14)8-9-27-16/h1-11,15,18H. The van der Waals surface area contributed by atoms with Gasteiger partial charge in [-0.15, -0.1) is 0 Å². The molecule has 0 N–H and O–H groups in total. The van der Waals surface area contributed by atoms with Gasteiger partial charge in [0.05, 0.1) is 12.2 Å². The largest absolute Gasteiger partial charge is 0.474 e. The highest BCUT2D eigenvalue weighted by molar-refractivity contribution is 5.82. The first-order valence-electron chi connectivity index (χ1n) is 8.81. The molecule has 0 spiro atoms. The van der Waals surface area contributed by atoms with Gasteiger partial charge in [0.25, 0.3) is 5.89 Å². The lowest BCUT2D eigenvalue weighted by atomic mass is 9.94. The van der Waals surface area contributed by atoms with Crippen LogP contribution in [-0.4, -0.2) is 22.4 Å². The van der Waals surface area contributed by atoms with Gasteiger partial charge in [-0.2, -0.15) is 18.2 Å². The number of nitrogens with zero attached hydrogens (tertiary/aromatic N) is 2. The van der Waals surface area contributed by atoms with E-state index in [-0.39, 0.29) is 17.5 Å². The van der Waals surface area contributed by atoms with Crippen molar-refractivity contribution in [3.8, 4) is 11.4 Å². The Morgan fingerprint density at radius 1 is 0.966 bits per heavy atom. The molecule has 0 radical (unpaired) electrons. The van der Waals surface area contributed by atoms with E-state index in [9.17, 15) is 13.2 Å². The third-order valence-electron chi connectivity index (χ3n) is 4.77. The van der Waals surface area contributed by atoms with E-state index in [1.54, 1.807) is 54.8 Å². The van der Waals surface area contributed by atoms with E-state index in [0.29, 0.717) is 16.7 Å². The predicted octanol–water partition coefficient (Wildman–Crippen LogP) is 5.57. The van der Waals surface area contributed by atoms with Gasteiger partial charge in [0.15, 0.2) is 5.76 Å². The summed E-state index contributed by atoms with van der Waals surface area (Å²) in [5, 5.41) is 4.74. The lowest BCUT2D eigenvalue weighted by Crippen LogP contribution is -2.33. The molecule has 2 unspecified atom stereocenters. The van der Waals surface area contributed by atoms with Crippen LogP contribution >= 0.6 is 0 Å². The van der Waals surface area contributed by atoms with Crippen molar-refractivity contribution in [2.24, 2.45) is 0 Å². The molecule has 8 heteroatoms. The molecule has 0 saturated heterocycles. The Morgan fingerprint density at radius 2 is 1.79 bits per heavy atom. The fraction of sp³-hybridized carbons (Fsp3) is 0.143. The zero-order valence-corrected chi connectivity index (χ0v) is 14.8. The topological polar surface area (TPSA) is 61.3 Å². The first kappa shape index (κ1) is 17.5. The molecule has 0 aliphatic carbocycles. The van der Waals surface area contributed by atoms with E-state index in [1.807, 2.05) is 6.07 Å². The van der Waals surface area contributed by atoms with Gasteiger partial charge in [-0.3, -0.25) is 0 Å². The van der Waals surface area contributed by atoms with Gasteiger partial charge in [0.1, 0.15) is 5.58 Å². The SMILES string of the molecule is FC(F)(F)C1OC(c2nc(-c3ccc4occc4c3)no2)=CC1c1ccccc1. The third kappa shape index (κ3) is 3.16. The highest BCUT2D eigenvalue weighted by atomic mass is 19.4. The van der Waals surface area contributed by atoms with Crippen LogP contribution in [0.1, 0.15) is 17.4 Å². The Balaban J connectivity index is 1.49. The van der Waals surface area contributed by atoms with Crippen LogP contribution in [0.25, 0.3) is 28.1 Å². The highest BCUT2D eigenvalue weighted by Gasteiger charge is 2.51. The summed E-state index contributed by atoms with van der Waals surface area (Å²) in [7, 11) is 0. The number of benzene rings is 2. The zero-order chi connectivity index (χ0) is 20.0. The first-order chi connectivity index (χ1) is 14.0. The summed E-state index contributed by atoms with van der Waals surface area (Å²) < 4.78 is 56.3. The third-order valence-corrected chi connectivity index (χ3v) is 4.77. The molecule has 146 valence electrons. The first-order valence-corrected chi connectivity index (χ1v) is 8.81. The molecule has 2 aromatic heterocycles. The summed E-state index contributed by atoms with van der Waals surface area (Å²) in [6, 6.07) is 15.5. The molecule has 5 nitrogen and oxygen atoms in total. The van der Waals surface area contributed by atoms with Crippen molar-refractivity contribution in [3.63, 3.8) is 0 Å². The molecular formula is C21H13F3N2O3. The minimum atomic E-state index is -4.55. The van der Waals surface area contributed by atoms with Gasteiger partial charge >= 0.3 is 6.18 Å². The van der Waals surface area contributed by atoms with Crippen LogP contribution in [-0.2, 0) is 4.74 Å². The fourth-order valence-electron chi connectivity index (χ4n) is 3.38. The van der Waals surface area contributed by atoms with Crippen molar-refractivity contribution in [2.75, 3.05) is 0 Å². The Morgan fingerprint density at radius 3 is 2.59 bits per heavy atom. The van der Waals surface area contributed by atoms with Crippen LogP contribution in [0.15, 0.2) is 75.9 Å². The van der Waals surface area contributed by atoms with Gasteiger partial charge in [0.2, 0.25) is 11.9 Å². The van der Waals surface area contributed by atoms with Crippen molar-refractivity contribution in [3.05, 3.63) is 78.4 Å². The number of ether oxygens (including phenoxy) is 1. The zero-order valence-electron chi connectivity index (χ0n) is 14.8. The molecule has 3 heterocycles. The number of rotatable bonds is 3. The maximum absolute atomic E-state index is 13.5. The number of hydrogen-bond acceptors (Lipinski definition) is 5. The summed E-state index contributed by atoms with van der Waals surface area (Å²) in [4.78, 5) is 4.23. The highest BCUT2D eigenvalue weighted by Crippen LogP contribution is 2.43. The molecule has 29 heavy (non-hydrogen) atoms. The molecule has 5 rings (SSSR count). The summed E-state index contributed by atoms with van der Waals surface area (Å²) in [5.41, 5.74) is 1.85. The summed E-state index contributed by atoms with van der Waals surface area (Å²) in [6.45, 7) is 0. The van der Waals surface area contributed by atoms with E-state index in [2.05, 4.69) is 10.1 Å². The van der Waals surface area contributed by atoms with Crippen LogP contribution in [0.2, 0.25) is 0 Å². The number of halogens is 3. The van der Waals surface area contributed by atoms with Crippen LogP contribution in [0.4, 0.5) is 13.2 Å². The second-order valence-electron chi connectivity index (χ2n) is 6.64. The fourth-order valence-corrected chi connectivity index (χ4v) is 3.38. The van der Waals surface area contributed by atoms with Crippen LogP contribution in [0, 0.1) is 0 Å². The van der Waals surface area contributed by atoms with Gasteiger partial charge in [-0.05, 0) is 35.9 Å². The average Bonchev–Trinajstić information content (AvgIpc) is 3.45. The molecule has 4 aromatic rings. The van der Waals surface area contributed by atoms with Gasteiger partial charge < -0.3 is 13.7 Å². The smallest absolute Gasteiger partial charge is 0.426 e. The molecule has 0 bridgehead atoms. The van der Waals surface area contributed by atoms with Crippen LogP contribution in [0.5, 0.6) is 0 Å². The van der Waals surface area contributed by atoms with E-state index in [4.69, 9.17) is 13.7 Å². The monoisotopic (exact) mass is 398 g/mol. The van der Waals surface area contributed by atoms with Crippen molar-refractivity contribution in [1.82, 2.24) is 10.1 Å². The van der Waals surface area contributed by atoms with Gasteiger partial charge in [-0.25, -0.2) is 0 Å². The molecule has 0 saturated carbocycles. The number of hydrogen-bond donors (Lipinski definition) is 0. The maximum Gasteiger partial charge on any atom is 0.426 e. The number of fused-ring (bicyclic) bond motifs is 1. The Hall–Kier alpha value is -3.55. The minimum Gasteiger partial charge on any atom is -0.474 e. The average molecular weight is 398 g/mol.